The van der Waals surface area contributed by atoms with Gasteiger partial charge in [-0.25, -0.2) is 4.79 Å². The number of allylic oxidation sites excluding steroid dienone is 1. The normalized spacial score (nSPS) is 30.8. The van der Waals surface area contributed by atoms with Crippen LogP contribution < -0.4 is 5.32 Å². The topological polar surface area (TPSA) is 72.3 Å². The third kappa shape index (κ3) is 1.93. The second-order valence-electron chi connectivity index (χ2n) is 5.90. The fourth-order valence-electron chi connectivity index (χ4n) is 2.10. The molecule has 0 aliphatic carbocycles. The lowest BCUT2D eigenvalue weighted by Crippen LogP contribution is -2.41. The number of nitrogens with one attached hydrogen (secondary N) is 1. The van der Waals surface area contributed by atoms with E-state index in [1.165, 1.54) is 0 Å². The van der Waals surface area contributed by atoms with Gasteiger partial charge in [-0.1, -0.05) is 0 Å². The summed E-state index contributed by atoms with van der Waals surface area (Å²) in [5, 5.41) is 2.63. The van der Waals surface area contributed by atoms with Crippen LogP contribution in [0, 0.1) is 0 Å². The van der Waals surface area contributed by atoms with E-state index < -0.39 is 18.3 Å². The first-order chi connectivity index (χ1) is 8.78. The third-order valence-electron chi connectivity index (χ3n) is 3.98. The highest BCUT2D eigenvalue weighted by atomic mass is 16.7. The van der Waals surface area contributed by atoms with Crippen LogP contribution in [0.1, 0.15) is 27.7 Å². The molecule has 7 heteroatoms. The van der Waals surface area contributed by atoms with E-state index in [1.807, 2.05) is 27.7 Å². The Balaban J connectivity index is 1.86. The van der Waals surface area contributed by atoms with Crippen LogP contribution in [-0.4, -0.2) is 42.4 Å². The van der Waals surface area contributed by atoms with Crippen LogP contribution in [0.5, 0.6) is 0 Å². The van der Waals surface area contributed by atoms with Crippen LogP contribution in [0.25, 0.3) is 0 Å². The third-order valence-corrected chi connectivity index (χ3v) is 3.98. The molecule has 1 N–H and O–H groups in total. The summed E-state index contributed by atoms with van der Waals surface area (Å²) < 4.78 is 11.9. The van der Waals surface area contributed by atoms with Gasteiger partial charge in [-0.3, -0.25) is 4.99 Å². The highest BCUT2D eigenvalue weighted by Crippen LogP contribution is 2.38. The molecule has 1 atom stereocenters. The molecule has 19 heavy (non-hydrogen) atoms. The van der Waals surface area contributed by atoms with Crippen LogP contribution in [0.15, 0.2) is 21.5 Å². The zero-order valence-corrected chi connectivity index (χ0v) is 11.4. The van der Waals surface area contributed by atoms with E-state index in [2.05, 4.69) is 15.3 Å². The first kappa shape index (κ1) is 12.6. The lowest BCUT2D eigenvalue weighted by molar-refractivity contribution is 0.00578. The van der Waals surface area contributed by atoms with Gasteiger partial charge in [-0.2, -0.15) is 4.99 Å². The fraction of sp³-hybridized carbons (Fsp3) is 0.583. The molecule has 0 aromatic rings. The van der Waals surface area contributed by atoms with Crippen LogP contribution in [0.4, 0.5) is 4.79 Å². The summed E-state index contributed by atoms with van der Waals surface area (Å²) in [6.07, 6.45) is 3.12. The predicted octanol–water partition coefficient (Wildman–Crippen LogP) is 1.12. The maximum absolute atomic E-state index is 11.2. The van der Waals surface area contributed by atoms with Gasteiger partial charge in [0, 0.05) is 11.7 Å². The maximum atomic E-state index is 11.2. The van der Waals surface area contributed by atoms with Crippen molar-refractivity contribution in [2.45, 2.75) is 45.1 Å². The van der Waals surface area contributed by atoms with E-state index in [0.29, 0.717) is 5.71 Å². The minimum absolute atomic E-state index is 0.358. The van der Waals surface area contributed by atoms with Crippen LogP contribution in [-0.2, 0) is 9.31 Å². The monoisotopic (exact) mass is 261 g/mol. The van der Waals surface area contributed by atoms with Gasteiger partial charge < -0.3 is 14.6 Å². The summed E-state index contributed by atoms with van der Waals surface area (Å²) in [5.74, 6) is 0. The number of fused-ring (bicyclic) bond motifs is 1. The fourth-order valence-corrected chi connectivity index (χ4v) is 2.10. The first-order valence-electron chi connectivity index (χ1n) is 6.28. The van der Waals surface area contributed by atoms with Gasteiger partial charge in [0.2, 0.25) is 0 Å². The number of urea groups is 1. The number of carbonyl (C=O) groups excluding carboxylic acids is 1. The SMILES string of the molecule is CC1(C)OB(C2=CC3=NC(=O)NC3N=C2)OC1(C)C. The molecule has 0 aromatic heterocycles. The van der Waals surface area contributed by atoms with Crippen molar-refractivity contribution in [3.05, 3.63) is 11.5 Å². The molecular weight excluding hydrogens is 245 g/mol. The van der Waals surface area contributed by atoms with Crippen molar-refractivity contribution in [3.63, 3.8) is 0 Å². The molecule has 0 bridgehead atoms. The number of nitrogens with zero attached hydrogens (tertiary/aromatic N) is 2. The van der Waals surface area contributed by atoms with Gasteiger partial charge in [0.25, 0.3) is 0 Å². The minimum Gasteiger partial charge on any atom is -0.399 e. The molecule has 1 saturated heterocycles. The van der Waals surface area contributed by atoms with Crippen molar-refractivity contribution in [3.8, 4) is 0 Å². The predicted molar refractivity (Wildman–Crippen MR) is 72.4 cm³/mol. The molecule has 0 aromatic carbocycles. The first-order valence-corrected chi connectivity index (χ1v) is 6.28. The molecule has 3 rings (SSSR count). The van der Waals surface area contributed by atoms with Crippen molar-refractivity contribution < 1.29 is 14.1 Å². The van der Waals surface area contributed by atoms with Gasteiger partial charge in [-0.15, -0.1) is 0 Å². The van der Waals surface area contributed by atoms with Crippen LogP contribution >= 0.6 is 0 Å². The van der Waals surface area contributed by atoms with Crippen molar-refractivity contribution in [1.82, 2.24) is 5.32 Å². The number of rotatable bonds is 1. The highest BCUT2D eigenvalue weighted by molar-refractivity contribution is 6.61. The molecule has 1 unspecified atom stereocenters. The Morgan fingerprint density at radius 1 is 1.26 bits per heavy atom. The summed E-state index contributed by atoms with van der Waals surface area (Å²) in [6, 6.07) is -0.358. The van der Waals surface area contributed by atoms with Gasteiger partial charge >= 0.3 is 13.1 Å². The summed E-state index contributed by atoms with van der Waals surface area (Å²) in [4.78, 5) is 19.3. The molecule has 6 nitrogen and oxygen atoms in total. The van der Waals surface area contributed by atoms with Crippen molar-refractivity contribution in [2.24, 2.45) is 9.98 Å². The van der Waals surface area contributed by atoms with E-state index in [9.17, 15) is 4.79 Å². The Kier molecular flexibility index (Phi) is 2.49. The van der Waals surface area contributed by atoms with Crippen molar-refractivity contribution in [1.29, 1.82) is 0 Å². The number of carbonyl (C=O) groups is 1. The van der Waals surface area contributed by atoms with E-state index in [-0.39, 0.29) is 12.2 Å². The number of dihydropyridines is 1. The van der Waals surface area contributed by atoms with Gasteiger partial charge in [-0.05, 0) is 33.8 Å². The zero-order valence-electron chi connectivity index (χ0n) is 11.4. The molecule has 100 valence electrons. The van der Waals surface area contributed by atoms with E-state index in [4.69, 9.17) is 9.31 Å². The molecule has 2 amide bonds. The van der Waals surface area contributed by atoms with E-state index in [1.54, 1.807) is 12.3 Å². The van der Waals surface area contributed by atoms with E-state index in [0.717, 1.165) is 5.47 Å². The lowest BCUT2D eigenvalue weighted by atomic mass is 9.77. The average Bonchev–Trinajstić information content (AvgIpc) is 2.74. The number of hydrogen-bond acceptors (Lipinski definition) is 4. The second-order valence-corrected chi connectivity index (χ2v) is 5.90. The van der Waals surface area contributed by atoms with Crippen molar-refractivity contribution >= 4 is 25.1 Å². The standard InChI is InChI=1S/C12H16BN3O3/c1-11(2)12(3,4)19-13(18-11)7-5-8-9(14-6-7)16-10(17)15-8/h5-6,9H,1-4H3,(H,16,17). The Bertz CT molecular complexity index is 520. The summed E-state index contributed by atoms with van der Waals surface area (Å²) in [5.41, 5.74) is 0.603. The molecule has 3 heterocycles. The van der Waals surface area contributed by atoms with Crippen LogP contribution in [0.2, 0.25) is 0 Å². The largest absolute Gasteiger partial charge is 0.496 e. The van der Waals surface area contributed by atoms with E-state index >= 15 is 0 Å². The van der Waals surface area contributed by atoms with Crippen molar-refractivity contribution in [2.75, 3.05) is 0 Å². The summed E-state index contributed by atoms with van der Waals surface area (Å²) in [6.45, 7) is 7.98. The van der Waals surface area contributed by atoms with Gasteiger partial charge in [0.15, 0.2) is 6.17 Å². The smallest absolute Gasteiger partial charge is 0.399 e. The summed E-state index contributed by atoms with van der Waals surface area (Å²) in [7, 11) is -0.479. The molecule has 1 fully saturated rings. The quantitative estimate of drug-likeness (QED) is 0.719. The molecule has 0 radical (unpaired) electrons. The minimum atomic E-state index is -0.479. The Hall–Kier alpha value is -1.47. The van der Waals surface area contributed by atoms with Crippen LogP contribution in [0.3, 0.4) is 0 Å². The zero-order chi connectivity index (χ0) is 13.8. The Labute approximate surface area is 112 Å². The number of hydrogen-bond donors (Lipinski definition) is 1. The Morgan fingerprint density at radius 2 is 1.89 bits per heavy atom. The highest BCUT2D eigenvalue weighted by Gasteiger charge is 2.52. The molecular formula is C12H16BN3O3. The molecule has 0 spiro atoms. The lowest BCUT2D eigenvalue weighted by Gasteiger charge is -2.32. The van der Waals surface area contributed by atoms with Gasteiger partial charge in [0.05, 0.1) is 16.9 Å². The molecule has 3 aliphatic heterocycles. The molecule has 0 saturated carbocycles. The average molecular weight is 261 g/mol. The van der Waals surface area contributed by atoms with Gasteiger partial charge in [0.1, 0.15) is 0 Å². The Morgan fingerprint density at radius 3 is 2.53 bits per heavy atom. The second kappa shape index (κ2) is 3.77. The number of aliphatic imine (C=N–C) groups is 2. The molecule has 3 aliphatic rings. The maximum Gasteiger partial charge on any atom is 0.496 e. The summed E-state index contributed by atoms with van der Waals surface area (Å²) >= 11 is 0. The number of amides is 2.